The Morgan fingerprint density at radius 3 is 2.68 bits per heavy atom. The fraction of sp³-hybridized carbons (Fsp3) is 0.118. The van der Waals surface area contributed by atoms with Gasteiger partial charge in [-0.1, -0.05) is 29.8 Å². The van der Waals surface area contributed by atoms with Crippen molar-refractivity contribution in [3.63, 3.8) is 0 Å². The van der Waals surface area contributed by atoms with E-state index < -0.39 is 0 Å². The molecule has 0 aliphatic rings. The molecule has 114 valence electrons. The van der Waals surface area contributed by atoms with Crippen molar-refractivity contribution in [1.82, 2.24) is 0 Å². The summed E-state index contributed by atoms with van der Waals surface area (Å²) in [5.74, 6) is 0.490. The third-order valence-electron chi connectivity index (χ3n) is 2.74. The fourth-order valence-electron chi connectivity index (χ4n) is 1.72. The monoisotopic (exact) mass is 317 g/mol. The Morgan fingerprint density at radius 1 is 1.23 bits per heavy atom. The molecule has 0 aliphatic carbocycles. The highest BCUT2D eigenvalue weighted by Gasteiger charge is 1.99. The van der Waals surface area contributed by atoms with Crippen LogP contribution in [0.4, 0.5) is 5.69 Å². The molecule has 0 spiro atoms. The van der Waals surface area contributed by atoms with Crippen LogP contribution < -0.4 is 10.1 Å². The Bertz CT molecular complexity index is 653. The van der Waals surface area contributed by atoms with E-state index in [9.17, 15) is 4.79 Å². The largest absolute Gasteiger partial charge is 0.468 e. The first-order chi connectivity index (χ1) is 10.7. The summed E-state index contributed by atoms with van der Waals surface area (Å²) in [6.45, 7) is 0.206. The van der Waals surface area contributed by atoms with Gasteiger partial charge in [0.25, 0.3) is 0 Å². The lowest BCUT2D eigenvalue weighted by Crippen LogP contribution is -2.07. The van der Waals surface area contributed by atoms with Crippen LogP contribution in [0.2, 0.25) is 5.02 Å². The Hall–Kier alpha value is -2.30. The van der Waals surface area contributed by atoms with Crippen molar-refractivity contribution < 1.29 is 14.3 Å². The third kappa shape index (κ3) is 5.24. The van der Waals surface area contributed by atoms with E-state index in [1.54, 1.807) is 37.5 Å². The van der Waals surface area contributed by atoms with E-state index in [-0.39, 0.29) is 12.7 Å². The molecule has 0 aliphatic heterocycles. The highest BCUT2D eigenvalue weighted by atomic mass is 35.5. The molecule has 5 heteroatoms. The average Bonchev–Trinajstić information content (AvgIpc) is 2.52. The first-order valence-electron chi connectivity index (χ1n) is 6.64. The summed E-state index contributed by atoms with van der Waals surface area (Å²) in [6, 6.07) is 14.3. The van der Waals surface area contributed by atoms with E-state index >= 15 is 0 Å². The second-order valence-corrected chi connectivity index (χ2v) is 4.89. The first kappa shape index (κ1) is 16.1. The number of hydrogen-bond acceptors (Lipinski definition) is 3. The van der Waals surface area contributed by atoms with Gasteiger partial charge in [0.2, 0.25) is 5.91 Å². The molecular formula is C17H16ClNO3. The lowest BCUT2D eigenvalue weighted by molar-refractivity contribution is -0.111. The van der Waals surface area contributed by atoms with Crippen molar-refractivity contribution in [2.45, 2.75) is 0 Å². The second kappa shape index (κ2) is 8.22. The van der Waals surface area contributed by atoms with Gasteiger partial charge in [-0.3, -0.25) is 4.79 Å². The van der Waals surface area contributed by atoms with Crippen molar-refractivity contribution in [3.8, 4) is 5.75 Å². The molecular weight excluding hydrogens is 302 g/mol. The van der Waals surface area contributed by atoms with Crippen LogP contribution in [0.25, 0.3) is 6.08 Å². The average molecular weight is 318 g/mol. The van der Waals surface area contributed by atoms with Crippen molar-refractivity contribution in [3.05, 3.63) is 65.2 Å². The topological polar surface area (TPSA) is 47.6 Å². The summed E-state index contributed by atoms with van der Waals surface area (Å²) in [6.07, 6.45) is 3.19. The van der Waals surface area contributed by atoms with E-state index in [4.69, 9.17) is 21.1 Å². The smallest absolute Gasteiger partial charge is 0.248 e. The molecule has 0 aromatic heterocycles. The Labute approximate surface area is 134 Å². The van der Waals surface area contributed by atoms with Crippen molar-refractivity contribution in [2.75, 3.05) is 19.2 Å². The summed E-state index contributed by atoms with van der Waals surface area (Å²) in [5, 5.41) is 3.32. The number of carbonyl (C=O) groups excluding carboxylic acids is 1. The van der Waals surface area contributed by atoms with Gasteiger partial charge in [0.05, 0.1) is 0 Å². The number of nitrogens with one attached hydrogen (secondary N) is 1. The molecule has 0 atom stereocenters. The molecule has 22 heavy (non-hydrogen) atoms. The molecule has 0 unspecified atom stereocenters. The molecule has 2 aromatic rings. The second-order valence-electron chi connectivity index (χ2n) is 4.45. The number of ether oxygens (including phenoxy) is 2. The molecule has 2 rings (SSSR count). The lowest BCUT2D eigenvalue weighted by Gasteiger charge is -2.04. The third-order valence-corrected chi connectivity index (χ3v) is 2.98. The predicted octanol–water partition coefficient (Wildman–Crippen LogP) is 3.97. The van der Waals surface area contributed by atoms with Gasteiger partial charge in [0.15, 0.2) is 6.79 Å². The summed E-state index contributed by atoms with van der Waals surface area (Å²) in [4.78, 5) is 11.8. The molecule has 1 N–H and O–H groups in total. The molecule has 0 heterocycles. The first-order valence-corrected chi connectivity index (χ1v) is 7.01. The maximum Gasteiger partial charge on any atom is 0.248 e. The van der Waals surface area contributed by atoms with E-state index in [1.165, 1.54) is 6.08 Å². The van der Waals surface area contributed by atoms with Crippen molar-refractivity contribution in [1.29, 1.82) is 0 Å². The van der Waals surface area contributed by atoms with Crippen LogP contribution in [0, 0.1) is 0 Å². The molecule has 2 aromatic carbocycles. The maximum atomic E-state index is 11.8. The minimum atomic E-state index is -0.220. The lowest BCUT2D eigenvalue weighted by atomic mass is 10.2. The zero-order valence-electron chi connectivity index (χ0n) is 12.1. The van der Waals surface area contributed by atoms with Crippen LogP contribution in [0.5, 0.6) is 5.75 Å². The normalized spacial score (nSPS) is 10.6. The van der Waals surface area contributed by atoms with Gasteiger partial charge in [0.1, 0.15) is 5.75 Å². The van der Waals surface area contributed by atoms with Gasteiger partial charge >= 0.3 is 0 Å². The molecule has 0 radical (unpaired) electrons. The SMILES string of the molecule is COCOc1ccc(/C=C/C(=O)Nc2cccc(Cl)c2)cc1. The van der Waals surface area contributed by atoms with E-state index in [2.05, 4.69) is 5.32 Å². The maximum absolute atomic E-state index is 11.8. The molecule has 0 saturated heterocycles. The molecule has 0 fully saturated rings. The van der Waals surface area contributed by atoms with Gasteiger partial charge < -0.3 is 14.8 Å². The highest BCUT2D eigenvalue weighted by molar-refractivity contribution is 6.30. The van der Waals surface area contributed by atoms with Crippen molar-refractivity contribution in [2.24, 2.45) is 0 Å². The summed E-state index contributed by atoms with van der Waals surface area (Å²) < 4.78 is 10.1. The molecule has 1 amide bonds. The summed E-state index contributed by atoms with van der Waals surface area (Å²) in [5.41, 5.74) is 1.55. The quantitative estimate of drug-likeness (QED) is 0.647. The van der Waals surface area contributed by atoms with Gasteiger partial charge in [-0.2, -0.15) is 0 Å². The van der Waals surface area contributed by atoms with Gasteiger partial charge in [-0.25, -0.2) is 0 Å². The molecule has 0 bridgehead atoms. The summed E-state index contributed by atoms with van der Waals surface area (Å²) in [7, 11) is 1.57. The van der Waals surface area contributed by atoms with Gasteiger partial charge in [-0.05, 0) is 42.0 Å². The number of rotatable bonds is 6. The molecule has 0 saturated carbocycles. The van der Waals surface area contributed by atoms with Crippen LogP contribution in [0.15, 0.2) is 54.6 Å². The van der Waals surface area contributed by atoms with Crippen LogP contribution in [-0.4, -0.2) is 19.8 Å². The van der Waals surface area contributed by atoms with Crippen LogP contribution in [0.1, 0.15) is 5.56 Å². The Morgan fingerprint density at radius 2 is 2.00 bits per heavy atom. The minimum absolute atomic E-state index is 0.206. The highest BCUT2D eigenvalue weighted by Crippen LogP contribution is 2.15. The number of amides is 1. The minimum Gasteiger partial charge on any atom is -0.468 e. The Kier molecular flexibility index (Phi) is 6.01. The number of anilines is 1. The van der Waals surface area contributed by atoms with Crippen LogP contribution >= 0.6 is 11.6 Å². The van der Waals surface area contributed by atoms with E-state index in [1.807, 2.05) is 24.3 Å². The number of methoxy groups -OCH3 is 1. The predicted molar refractivity (Wildman–Crippen MR) is 88.1 cm³/mol. The van der Waals surface area contributed by atoms with Crippen LogP contribution in [-0.2, 0) is 9.53 Å². The Balaban J connectivity index is 1.92. The van der Waals surface area contributed by atoms with Crippen LogP contribution in [0.3, 0.4) is 0 Å². The standard InChI is InChI=1S/C17H16ClNO3/c1-21-12-22-16-8-5-13(6-9-16)7-10-17(20)19-15-4-2-3-14(18)11-15/h2-11H,12H2,1H3,(H,19,20)/b10-7+. The van der Waals surface area contributed by atoms with Gasteiger partial charge in [-0.15, -0.1) is 0 Å². The van der Waals surface area contributed by atoms with Gasteiger partial charge in [0, 0.05) is 23.9 Å². The van der Waals surface area contributed by atoms with E-state index in [0.29, 0.717) is 16.5 Å². The molecule has 4 nitrogen and oxygen atoms in total. The number of hydrogen-bond donors (Lipinski definition) is 1. The zero-order valence-corrected chi connectivity index (χ0v) is 12.8. The number of halogens is 1. The zero-order chi connectivity index (χ0) is 15.8. The fourth-order valence-corrected chi connectivity index (χ4v) is 1.91. The number of benzene rings is 2. The van der Waals surface area contributed by atoms with Crippen molar-refractivity contribution >= 4 is 29.3 Å². The number of carbonyl (C=O) groups is 1. The van der Waals surface area contributed by atoms with E-state index in [0.717, 1.165) is 5.56 Å². The summed E-state index contributed by atoms with van der Waals surface area (Å²) >= 11 is 5.86.